The minimum atomic E-state index is 0.742. The number of aromatic nitrogens is 1. The van der Waals surface area contributed by atoms with Crippen LogP contribution >= 0.6 is 0 Å². The SMILES string of the molecule is C(=NNc1cc2ccccc2cn1)c1ccccc1. The Morgan fingerprint density at radius 2 is 1.63 bits per heavy atom. The molecule has 0 amide bonds. The van der Waals surface area contributed by atoms with Crippen LogP contribution in [0.3, 0.4) is 0 Å². The van der Waals surface area contributed by atoms with Crippen molar-refractivity contribution < 1.29 is 0 Å². The Morgan fingerprint density at radius 3 is 2.47 bits per heavy atom. The number of fused-ring (bicyclic) bond motifs is 1. The Kier molecular flexibility index (Phi) is 3.19. The van der Waals surface area contributed by atoms with Crippen molar-refractivity contribution in [1.82, 2.24) is 4.98 Å². The van der Waals surface area contributed by atoms with Gasteiger partial charge in [0.1, 0.15) is 5.82 Å². The number of nitrogens with one attached hydrogen (secondary N) is 1. The van der Waals surface area contributed by atoms with Crippen molar-refractivity contribution in [3.8, 4) is 0 Å². The van der Waals surface area contributed by atoms with Crippen molar-refractivity contribution in [2.24, 2.45) is 5.10 Å². The third-order valence-corrected chi connectivity index (χ3v) is 2.82. The van der Waals surface area contributed by atoms with Crippen molar-refractivity contribution in [1.29, 1.82) is 0 Å². The number of hydrogen-bond donors (Lipinski definition) is 1. The lowest BCUT2D eigenvalue weighted by Gasteiger charge is -2.01. The third kappa shape index (κ3) is 2.77. The van der Waals surface area contributed by atoms with E-state index >= 15 is 0 Å². The second-order valence-corrected chi connectivity index (χ2v) is 4.20. The van der Waals surface area contributed by atoms with Gasteiger partial charge in [-0.05, 0) is 17.0 Å². The number of hydrogen-bond acceptors (Lipinski definition) is 3. The van der Waals surface area contributed by atoms with Gasteiger partial charge in [-0.2, -0.15) is 5.10 Å². The van der Waals surface area contributed by atoms with E-state index in [0.717, 1.165) is 22.2 Å². The van der Waals surface area contributed by atoms with Gasteiger partial charge in [0.25, 0.3) is 0 Å². The third-order valence-electron chi connectivity index (χ3n) is 2.82. The molecule has 0 atom stereocenters. The summed E-state index contributed by atoms with van der Waals surface area (Å²) in [5.74, 6) is 0.742. The lowest BCUT2D eigenvalue weighted by molar-refractivity contribution is 1.25. The molecule has 3 rings (SSSR count). The first kappa shape index (κ1) is 11.4. The minimum Gasteiger partial charge on any atom is -0.261 e. The van der Waals surface area contributed by atoms with Gasteiger partial charge >= 0.3 is 0 Å². The molecule has 1 aromatic heterocycles. The highest BCUT2D eigenvalue weighted by Crippen LogP contribution is 2.15. The van der Waals surface area contributed by atoms with E-state index < -0.39 is 0 Å². The number of nitrogens with zero attached hydrogens (tertiary/aromatic N) is 2. The summed E-state index contributed by atoms with van der Waals surface area (Å²) in [6.07, 6.45) is 3.62. The van der Waals surface area contributed by atoms with Gasteiger partial charge in [0, 0.05) is 11.6 Å². The molecule has 3 heteroatoms. The molecule has 0 fully saturated rings. The molecule has 92 valence electrons. The van der Waals surface area contributed by atoms with E-state index in [1.54, 1.807) is 6.21 Å². The standard InChI is InChI=1S/C16H13N3/c1-2-6-13(7-3-1)11-18-19-16-10-14-8-4-5-9-15(14)12-17-16/h1-12H,(H,17,19). The average Bonchev–Trinajstić information content (AvgIpc) is 2.48. The Labute approximate surface area is 111 Å². The number of hydrazone groups is 1. The molecule has 0 aliphatic carbocycles. The minimum absolute atomic E-state index is 0.742. The fourth-order valence-corrected chi connectivity index (χ4v) is 1.86. The van der Waals surface area contributed by atoms with E-state index in [1.165, 1.54) is 0 Å². The molecule has 0 unspecified atom stereocenters. The molecule has 2 aromatic carbocycles. The van der Waals surface area contributed by atoms with Crippen LogP contribution < -0.4 is 5.43 Å². The molecule has 1 heterocycles. The van der Waals surface area contributed by atoms with E-state index in [9.17, 15) is 0 Å². The Bertz CT molecular complexity index is 705. The van der Waals surface area contributed by atoms with Crippen LogP contribution in [0.5, 0.6) is 0 Å². The largest absolute Gasteiger partial charge is 0.261 e. The summed E-state index contributed by atoms with van der Waals surface area (Å²) in [6.45, 7) is 0. The Balaban J connectivity index is 1.77. The normalized spacial score (nSPS) is 10.9. The topological polar surface area (TPSA) is 37.3 Å². The van der Waals surface area contributed by atoms with Gasteiger partial charge in [0.15, 0.2) is 0 Å². The zero-order valence-corrected chi connectivity index (χ0v) is 10.3. The fraction of sp³-hybridized carbons (Fsp3) is 0. The van der Waals surface area contributed by atoms with Crippen LogP contribution in [0.4, 0.5) is 5.82 Å². The smallest absolute Gasteiger partial charge is 0.146 e. The van der Waals surface area contributed by atoms with E-state index in [4.69, 9.17) is 0 Å². The van der Waals surface area contributed by atoms with Crippen LogP contribution in [0.15, 0.2) is 72.0 Å². The highest BCUT2D eigenvalue weighted by Gasteiger charge is 1.95. The first-order valence-corrected chi connectivity index (χ1v) is 6.11. The lowest BCUT2D eigenvalue weighted by atomic mass is 10.2. The monoisotopic (exact) mass is 247 g/mol. The number of anilines is 1. The van der Waals surface area contributed by atoms with Crippen molar-refractivity contribution in [2.45, 2.75) is 0 Å². The quantitative estimate of drug-likeness (QED) is 0.566. The van der Waals surface area contributed by atoms with Crippen molar-refractivity contribution in [2.75, 3.05) is 5.43 Å². The lowest BCUT2D eigenvalue weighted by Crippen LogP contribution is -1.93. The van der Waals surface area contributed by atoms with Gasteiger partial charge in [0.05, 0.1) is 6.21 Å². The molecule has 0 saturated carbocycles. The molecule has 3 nitrogen and oxygen atoms in total. The average molecular weight is 247 g/mol. The maximum Gasteiger partial charge on any atom is 0.146 e. The Hall–Kier alpha value is -2.68. The summed E-state index contributed by atoms with van der Waals surface area (Å²) in [4.78, 5) is 4.31. The highest BCUT2D eigenvalue weighted by atomic mass is 15.3. The van der Waals surface area contributed by atoms with E-state index in [0.29, 0.717) is 0 Å². The molecule has 1 N–H and O–H groups in total. The van der Waals surface area contributed by atoms with Crippen LogP contribution in [0.1, 0.15) is 5.56 Å². The first-order chi connectivity index (χ1) is 9.42. The molecule has 0 aliphatic heterocycles. The number of benzene rings is 2. The molecular formula is C16H13N3. The van der Waals surface area contributed by atoms with Gasteiger partial charge < -0.3 is 0 Å². The van der Waals surface area contributed by atoms with Crippen LogP contribution in [0, 0.1) is 0 Å². The first-order valence-electron chi connectivity index (χ1n) is 6.11. The summed E-state index contributed by atoms with van der Waals surface area (Å²) >= 11 is 0. The molecule has 0 radical (unpaired) electrons. The van der Waals surface area contributed by atoms with Gasteiger partial charge in [-0.3, -0.25) is 5.43 Å². The van der Waals surface area contributed by atoms with Gasteiger partial charge in [-0.25, -0.2) is 4.98 Å². The van der Waals surface area contributed by atoms with E-state index in [-0.39, 0.29) is 0 Å². The zero-order chi connectivity index (χ0) is 12.9. The maximum absolute atomic E-state index is 4.31. The van der Waals surface area contributed by atoms with E-state index in [2.05, 4.69) is 21.6 Å². The summed E-state index contributed by atoms with van der Waals surface area (Å²) in [6, 6.07) is 20.0. The zero-order valence-electron chi connectivity index (χ0n) is 10.3. The summed E-state index contributed by atoms with van der Waals surface area (Å²) in [5, 5.41) is 6.45. The van der Waals surface area contributed by atoms with E-state index in [1.807, 2.05) is 60.8 Å². The van der Waals surface area contributed by atoms with Crippen LogP contribution in [0.2, 0.25) is 0 Å². The second kappa shape index (κ2) is 5.31. The molecule has 0 aliphatic rings. The van der Waals surface area contributed by atoms with Crippen LogP contribution in [-0.2, 0) is 0 Å². The van der Waals surface area contributed by atoms with Crippen molar-refractivity contribution in [3.05, 3.63) is 72.4 Å². The summed E-state index contributed by atoms with van der Waals surface area (Å²) < 4.78 is 0. The molecule has 19 heavy (non-hydrogen) atoms. The van der Waals surface area contributed by atoms with Crippen molar-refractivity contribution in [3.63, 3.8) is 0 Å². The predicted molar refractivity (Wildman–Crippen MR) is 79.4 cm³/mol. The predicted octanol–water partition coefficient (Wildman–Crippen LogP) is 3.68. The van der Waals surface area contributed by atoms with Crippen LogP contribution in [0.25, 0.3) is 10.8 Å². The molecule has 0 bridgehead atoms. The molecule has 3 aromatic rings. The molecule has 0 spiro atoms. The second-order valence-electron chi connectivity index (χ2n) is 4.20. The fourth-order valence-electron chi connectivity index (χ4n) is 1.86. The number of rotatable bonds is 3. The molecular weight excluding hydrogens is 234 g/mol. The Morgan fingerprint density at radius 1 is 0.895 bits per heavy atom. The maximum atomic E-state index is 4.31. The van der Waals surface area contributed by atoms with Gasteiger partial charge in [-0.15, -0.1) is 0 Å². The van der Waals surface area contributed by atoms with Gasteiger partial charge in [-0.1, -0.05) is 54.6 Å². The highest BCUT2D eigenvalue weighted by molar-refractivity contribution is 5.84. The summed E-state index contributed by atoms with van der Waals surface area (Å²) in [5.41, 5.74) is 4.00. The molecule has 0 saturated heterocycles. The van der Waals surface area contributed by atoms with Gasteiger partial charge in [0.2, 0.25) is 0 Å². The number of pyridine rings is 1. The summed E-state index contributed by atoms with van der Waals surface area (Å²) in [7, 11) is 0. The van der Waals surface area contributed by atoms with Crippen LogP contribution in [-0.4, -0.2) is 11.2 Å². The van der Waals surface area contributed by atoms with Crippen molar-refractivity contribution >= 4 is 22.8 Å².